The molecular weight excluding hydrogens is 352 g/mol. The van der Waals surface area contributed by atoms with Crippen molar-refractivity contribution in [3.63, 3.8) is 0 Å². The van der Waals surface area contributed by atoms with E-state index in [9.17, 15) is 18.0 Å². The van der Waals surface area contributed by atoms with E-state index in [4.69, 9.17) is 11.6 Å². The first kappa shape index (κ1) is 18.7. The fourth-order valence-corrected chi connectivity index (χ4v) is 4.73. The molecule has 1 aromatic rings. The molecule has 132 valence electrons. The number of hydrogen-bond acceptors (Lipinski definition) is 4. The van der Waals surface area contributed by atoms with E-state index in [-0.39, 0.29) is 36.4 Å². The van der Waals surface area contributed by atoms with Crippen molar-refractivity contribution in [2.45, 2.75) is 32.4 Å². The second-order valence-corrected chi connectivity index (χ2v) is 8.42. The third-order valence-electron chi connectivity index (χ3n) is 4.06. The molecule has 1 aliphatic rings. The number of carbonyl (C=O) groups is 2. The normalized spacial score (nSPS) is 19.0. The summed E-state index contributed by atoms with van der Waals surface area (Å²) in [6.45, 7) is 2.41. The van der Waals surface area contributed by atoms with Crippen molar-refractivity contribution < 1.29 is 18.0 Å². The Hall–Kier alpha value is -1.60. The molecule has 6 nitrogen and oxygen atoms in total. The number of benzene rings is 1. The van der Waals surface area contributed by atoms with Crippen LogP contribution in [0.3, 0.4) is 0 Å². The van der Waals surface area contributed by atoms with Crippen LogP contribution in [0, 0.1) is 0 Å². The minimum Gasteiger partial charge on any atom is -0.352 e. The lowest BCUT2D eigenvalue weighted by Crippen LogP contribution is -2.43. The van der Waals surface area contributed by atoms with Gasteiger partial charge in [0.05, 0.1) is 11.5 Å². The highest BCUT2D eigenvalue weighted by Crippen LogP contribution is 2.18. The number of halogens is 1. The summed E-state index contributed by atoms with van der Waals surface area (Å²) >= 11 is 6.02. The molecular formula is C16H21ClN2O4S. The van der Waals surface area contributed by atoms with Gasteiger partial charge in [0, 0.05) is 24.2 Å². The maximum atomic E-state index is 12.3. The highest BCUT2D eigenvalue weighted by atomic mass is 35.5. The van der Waals surface area contributed by atoms with Gasteiger partial charge in [-0.1, -0.05) is 29.8 Å². The van der Waals surface area contributed by atoms with Gasteiger partial charge in [-0.15, -0.1) is 0 Å². The number of nitrogens with one attached hydrogen (secondary N) is 1. The number of hydrogen-bond donors (Lipinski definition) is 1. The van der Waals surface area contributed by atoms with Crippen molar-refractivity contribution >= 4 is 33.3 Å². The van der Waals surface area contributed by atoms with Gasteiger partial charge < -0.3 is 10.2 Å². The fourth-order valence-electron chi connectivity index (χ4n) is 2.80. The Morgan fingerprint density at radius 3 is 2.62 bits per heavy atom. The van der Waals surface area contributed by atoms with Crippen molar-refractivity contribution in [2.24, 2.45) is 0 Å². The van der Waals surface area contributed by atoms with E-state index in [0.29, 0.717) is 18.0 Å². The summed E-state index contributed by atoms with van der Waals surface area (Å²) < 4.78 is 23.1. The highest BCUT2D eigenvalue weighted by molar-refractivity contribution is 7.91. The standard InChI is InChI=1S/C16H21ClN2O4S/c1-2-19(13-7-8-24(22,23)11-13)16(21)9-15(20)18-10-12-5-3-4-6-14(12)17/h3-6,13H,2,7-11H2,1H3,(H,18,20). The predicted octanol–water partition coefficient (Wildman–Crippen LogP) is 1.38. The number of carbonyl (C=O) groups excluding carboxylic acids is 2. The van der Waals surface area contributed by atoms with Gasteiger partial charge in [0.2, 0.25) is 11.8 Å². The van der Waals surface area contributed by atoms with E-state index in [1.54, 1.807) is 25.1 Å². The van der Waals surface area contributed by atoms with Crippen LogP contribution < -0.4 is 5.32 Å². The maximum absolute atomic E-state index is 12.3. The van der Waals surface area contributed by atoms with Gasteiger partial charge in [-0.25, -0.2) is 8.42 Å². The van der Waals surface area contributed by atoms with E-state index in [0.717, 1.165) is 5.56 Å². The topological polar surface area (TPSA) is 83.6 Å². The van der Waals surface area contributed by atoms with Gasteiger partial charge in [0.1, 0.15) is 6.42 Å². The Morgan fingerprint density at radius 1 is 1.33 bits per heavy atom. The Morgan fingerprint density at radius 2 is 2.04 bits per heavy atom. The Balaban J connectivity index is 1.88. The molecule has 24 heavy (non-hydrogen) atoms. The molecule has 0 aromatic heterocycles. The van der Waals surface area contributed by atoms with Crippen molar-refractivity contribution in [3.05, 3.63) is 34.9 Å². The molecule has 2 rings (SSSR count). The lowest BCUT2D eigenvalue weighted by Gasteiger charge is -2.26. The Kier molecular flexibility index (Phi) is 6.23. The molecule has 1 fully saturated rings. The zero-order chi connectivity index (χ0) is 17.7. The van der Waals surface area contributed by atoms with Crippen LogP contribution in [0.4, 0.5) is 0 Å². The molecule has 1 aliphatic heterocycles. The van der Waals surface area contributed by atoms with Gasteiger partial charge in [-0.2, -0.15) is 0 Å². The second kappa shape index (κ2) is 7.98. The first-order chi connectivity index (χ1) is 11.3. The van der Waals surface area contributed by atoms with Crippen LogP contribution in [-0.2, 0) is 26.0 Å². The lowest BCUT2D eigenvalue weighted by atomic mass is 10.2. The van der Waals surface area contributed by atoms with Crippen molar-refractivity contribution in [1.29, 1.82) is 0 Å². The highest BCUT2D eigenvalue weighted by Gasteiger charge is 2.34. The van der Waals surface area contributed by atoms with Crippen molar-refractivity contribution in [1.82, 2.24) is 10.2 Å². The molecule has 0 saturated carbocycles. The van der Waals surface area contributed by atoms with Crippen molar-refractivity contribution in [2.75, 3.05) is 18.1 Å². The van der Waals surface area contributed by atoms with Crippen LogP contribution in [0.1, 0.15) is 25.3 Å². The molecule has 1 N–H and O–H groups in total. The van der Waals surface area contributed by atoms with Gasteiger partial charge >= 0.3 is 0 Å². The minimum absolute atomic E-state index is 0.0200. The summed E-state index contributed by atoms with van der Waals surface area (Å²) in [5.74, 6) is -0.677. The third kappa shape index (κ3) is 4.95. The molecule has 8 heteroatoms. The summed E-state index contributed by atoms with van der Waals surface area (Å²) in [7, 11) is -3.07. The molecule has 1 heterocycles. The molecule has 0 bridgehead atoms. The molecule has 1 atom stereocenters. The molecule has 0 radical (unpaired) electrons. The summed E-state index contributed by atoms with van der Waals surface area (Å²) in [5.41, 5.74) is 0.772. The number of amides is 2. The van der Waals surface area contributed by atoms with Crippen LogP contribution in [0.2, 0.25) is 5.02 Å². The quantitative estimate of drug-likeness (QED) is 0.765. The van der Waals surface area contributed by atoms with E-state index in [2.05, 4.69) is 5.32 Å². The smallest absolute Gasteiger partial charge is 0.232 e. The lowest BCUT2D eigenvalue weighted by molar-refractivity contribution is -0.137. The SMILES string of the molecule is CCN(C(=O)CC(=O)NCc1ccccc1Cl)C1CCS(=O)(=O)C1. The van der Waals surface area contributed by atoms with Gasteiger partial charge in [0.15, 0.2) is 9.84 Å². The zero-order valence-electron chi connectivity index (χ0n) is 13.5. The molecule has 1 unspecified atom stereocenters. The Bertz CT molecular complexity index is 721. The van der Waals surface area contributed by atoms with Gasteiger partial charge in [0.25, 0.3) is 0 Å². The van der Waals surface area contributed by atoms with Crippen LogP contribution in [0.25, 0.3) is 0 Å². The third-order valence-corrected chi connectivity index (χ3v) is 6.17. The average Bonchev–Trinajstić information content (AvgIpc) is 2.87. The van der Waals surface area contributed by atoms with Gasteiger partial charge in [-0.3, -0.25) is 9.59 Å². The molecule has 1 saturated heterocycles. The summed E-state index contributed by atoms with van der Waals surface area (Å²) in [4.78, 5) is 25.8. The Labute approximate surface area is 147 Å². The number of nitrogens with zero attached hydrogens (tertiary/aromatic N) is 1. The molecule has 2 amide bonds. The molecule has 1 aromatic carbocycles. The van der Waals surface area contributed by atoms with Crippen LogP contribution in [-0.4, -0.2) is 49.2 Å². The van der Waals surface area contributed by atoms with E-state index in [1.165, 1.54) is 4.90 Å². The first-order valence-electron chi connectivity index (χ1n) is 7.82. The monoisotopic (exact) mass is 372 g/mol. The number of sulfone groups is 1. The summed E-state index contributed by atoms with van der Waals surface area (Å²) in [5, 5.41) is 3.22. The van der Waals surface area contributed by atoms with Gasteiger partial charge in [-0.05, 0) is 25.0 Å². The fraction of sp³-hybridized carbons (Fsp3) is 0.500. The van der Waals surface area contributed by atoms with E-state index >= 15 is 0 Å². The van der Waals surface area contributed by atoms with Crippen LogP contribution in [0.15, 0.2) is 24.3 Å². The average molecular weight is 373 g/mol. The minimum atomic E-state index is -3.07. The largest absolute Gasteiger partial charge is 0.352 e. The number of rotatable bonds is 6. The summed E-state index contributed by atoms with van der Waals surface area (Å²) in [6.07, 6.45) is 0.137. The molecule has 0 aliphatic carbocycles. The van der Waals surface area contributed by atoms with Crippen molar-refractivity contribution in [3.8, 4) is 0 Å². The maximum Gasteiger partial charge on any atom is 0.232 e. The molecule has 0 spiro atoms. The van der Waals surface area contributed by atoms with E-state index < -0.39 is 15.7 Å². The zero-order valence-corrected chi connectivity index (χ0v) is 15.1. The van der Waals surface area contributed by atoms with Crippen LogP contribution in [0.5, 0.6) is 0 Å². The van der Waals surface area contributed by atoms with Crippen LogP contribution >= 0.6 is 11.6 Å². The first-order valence-corrected chi connectivity index (χ1v) is 10.0. The van der Waals surface area contributed by atoms with E-state index in [1.807, 2.05) is 6.07 Å². The second-order valence-electron chi connectivity index (χ2n) is 5.78. The predicted molar refractivity (Wildman–Crippen MR) is 92.4 cm³/mol. The summed E-state index contributed by atoms with van der Waals surface area (Å²) in [6, 6.07) is 6.81.